The minimum Gasteiger partial charge on any atom is -0.369 e. The number of hydrogen-bond acceptors (Lipinski definition) is 7. The van der Waals surface area contributed by atoms with Crippen LogP contribution in [0.1, 0.15) is 59.2 Å². The number of rotatable bonds is 5. The molecule has 1 N–H and O–H groups in total. The third kappa shape index (κ3) is 4.47. The summed E-state index contributed by atoms with van der Waals surface area (Å²) in [4.78, 5) is 65.8. The number of carbonyl (C=O) groups excluding carboxylic acids is 5. The van der Waals surface area contributed by atoms with Gasteiger partial charge in [-0.1, -0.05) is 0 Å². The van der Waals surface area contributed by atoms with E-state index in [0.717, 1.165) is 62.6 Å². The number of nitrogens with zero attached hydrogens (tertiary/aromatic N) is 3. The molecule has 10 heteroatoms. The van der Waals surface area contributed by atoms with Crippen LogP contribution in [-0.4, -0.2) is 78.5 Å². The summed E-state index contributed by atoms with van der Waals surface area (Å²) in [6.07, 6.45) is 4.75. The van der Waals surface area contributed by atoms with Gasteiger partial charge < -0.3 is 14.6 Å². The molecule has 9 nitrogen and oxygen atoms in total. The van der Waals surface area contributed by atoms with Gasteiger partial charge in [0.15, 0.2) is 0 Å². The zero-order valence-corrected chi connectivity index (χ0v) is 19.5. The van der Waals surface area contributed by atoms with Gasteiger partial charge in [-0.15, -0.1) is 0 Å². The third-order valence-corrected chi connectivity index (χ3v) is 7.80. The van der Waals surface area contributed by atoms with Crippen molar-refractivity contribution < 1.29 is 28.4 Å². The Morgan fingerprint density at radius 1 is 0.914 bits per heavy atom. The van der Waals surface area contributed by atoms with Crippen molar-refractivity contribution in [2.75, 3.05) is 37.6 Å². The molecule has 1 atom stereocenters. The van der Waals surface area contributed by atoms with E-state index in [1.165, 1.54) is 6.07 Å². The molecule has 3 saturated heterocycles. The summed E-state index contributed by atoms with van der Waals surface area (Å²) in [5.41, 5.74) is 0.339. The fourth-order valence-electron chi connectivity index (χ4n) is 5.71. The first-order valence-corrected chi connectivity index (χ1v) is 12.3. The van der Waals surface area contributed by atoms with Gasteiger partial charge in [-0.25, -0.2) is 4.39 Å². The van der Waals surface area contributed by atoms with Gasteiger partial charge in [0, 0.05) is 32.0 Å². The lowest BCUT2D eigenvalue weighted by Gasteiger charge is -2.38. The average molecular weight is 485 g/mol. The first kappa shape index (κ1) is 23.6. The summed E-state index contributed by atoms with van der Waals surface area (Å²) < 4.78 is 15.1. The highest BCUT2D eigenvalue weighted by Crippen LogP contribution is 2.34. The largest absolute Gasteiger partial charge is 0.369 e. The molecular weight excluding hydrogens is 455 g/mol. The van der Waals surface area contributed by atoms with E-state index in [-0.39, 0.29) is 29.9 Å². The van der Waals surface area contributed by atoms with Gasteiger partial charge in [-0.05, 0) is 63.2 Å². The van der Waals surface area contributed by atoms with Crippen molar-refractivity contribution in [3.8, 4) is 0 Å². The van der Waals surface area contributed by atoms with E-state index in [1.54, 1.807) is 0 Å². The standard InChI is InChI=1S/C25H29FN4O5/c26-19-11-17-18(25(35)30(24(17)34)20-1-2-22(32)27-23(20)33)12-21(19)29-9-5-15(6-10-29)13-28-7-3-16(14-31)4-8-28/h11-12,14-16,20H,1-10,13H2,(H,27,32,33). The van der Waals surface area contributed by atoms with Crippen molar-refractivity contribution in [2.24, 2.45) is 11.8 Å². The summed E-state index contributed by atoms with van der Waals surface area (Å²) in [7, 11) is 0. The Morgan fingerprint density at radius 3 is 2.20 bits per heavy atom. The van der Waals surface area contributed by atoms with Gasteiger partial charge in [0.1, 0.15) is 18.1 Å². The highest BCUT2D eigenvalue weighted by atomic mass is 19.1. The quantitative estimate of drug-likeness (QED) is 0.497. The summed E-state index contributed by atoms with van der Waals surface area (Å²) >= 11 is 0. The van der Waals surface area contributed by atoms with Crippen molar-refractivity contribution in [3.05, 3.63) is 29.1 Å². The molecule has 0 spiro atoms. The van der Waals surface area contributed by atoms with Crippen LogP contribution in [0.4, 0.5) is 10.1 Å². The molecule has 4 aliphatic heterocycles. The van der Waals surface area contributed by atoms with E-state index < -0.39 is 35.5 Å². The maximum absolute atomic E-state index is 15.1. The normalized spacial score (nSPS) is 24.7. The number of halogens is 1. The second-order valence-electron chi connectivity index (χ2n) is 10.0. The Bertz CT molecular complexity index is 1080. The molecule has 4 aliphatic rings. The minimum atomic E-state index is -1.07. The van der Waals surface area contributed by atoms with Crippen LogP contribution in [0.5, 0.6) is 0 Å². The van der Waals surface area contributed by atoms with Gasteiger partial charge >= 0.3 is 0 Å². The molecule has 3 fully saturated rings. The first-order valence-electron chi connectivity index (χ1n) is 12.3. The fraction of sp³-hybridized carbons (Fsp3) is 0.560. The minimum absolute atomic E-state index is 0.0352. The number of nitrogens with one attached hydrogen (secondary N) is 1. The van der Waals surface area contributed by atoms with Crippen LogP contribution >= 0.6 is 0 Å². The zero-order chi connectivity index (χ0) is 24.7. The molecule has 5 rings (SSSR count). The predicted molar refractivity (Wildman–Crippen MR) is 123 cm³/mol. The number of fused-ring (bicyclic) bond motifs is 1. The molecule has 0 radical (unpaired) electrons. The molecule has 186 valence electrons. The number of aldehydes is 1. The fourth-order valence-corrected chi connectivity index (χ4v) is 5.71. The lowest BCUT2D eigenvalue weighted by atomic mass is 9.93. The smallest absolute Gasteiger partial charge is 0.262 e. The Balaban J connectivity index is 1.25. The van der Waals surface area contributed by atoms with E-state index in [0.29, 0.717) is 24.7 Å². The molecular formula is C25H29FN4O5. The van der Waals surface area contributed by atoms with Crippen LogP contribution < -0.4 is 10.2 Å². The molecule has 1 aromatic rings. The zero-order valence-electron chi connectivity index (χ0n) is 19.5. The van der Waals surface area contributed by atoms with Crippen LogP contribution in [0.15, 0.2) is 12.1 Å². The first-order chi connectivity index (χ1) is 16.9. The number of amides is 4. The monoisotopic (exact) mass is 484 g/mol. The Labute approximate surface area is 202 Å². The van der Waals surface area contributed by atoms with Crippen molar-refractivity contribution in [3.63, 3.8) is 0 Å². The van der Waals surface area contributed by atoms with E-state index in [4.69, 9.17) is 0 Å². The molecule has 1 aromatic carbocycles. The topological polar surface area (TPSA) is 107 Å². The van der Waals surface area contributed by atoms with Gasteiger partial charge in [-0.2, -0.15) is 0 Å². The van der Waals surface area contributed by atoms with Crippen molar-refractivity contribution in [1.82, 2.24) is 15.1 Å². The molecule has 4 amide bonds. The predicted octanol–water partition coefficient (Wildman–Crippen LogP) is 1.35. The molecule has 0 saturated carbocycles. The average Bonchev–Trinajstić information content (AvgIpc) is 3.09. The third-order valence-electron chi connectivity index (χ3n) is 7.80. The van der Waals surface area contributed by atoms with E-state index in [1.807, 2.05) is 4.90 Å². The number of anilines is 1. The van der Waals surface area contributed by atoms with E-state index in [9.17, 15) is 24.0 Å². The molecule has 35 heavy (non-hydrogen) atoms. The second-order valence-corrected chi connectivity index (χ2v) is 10.0. The maximum Gasteiger partial charge on any atom is 0.262 e. The second kappa shape index (κ2) is 9.49. The van der Waals surface area contributed by atoms with Crippen molar-refractivity contribution in [2.45, 2.75) is 44.6 Å². The summed E-state index contributed by atoms with van der Waals surface area (Å²) in [6, 6.07) is 1.46. The SMILES string of the molecule is O=CC1CCN(CC2CCN(c3cc4c(cc3F)C(=O)N(C3CCC(=O)NC3=O)C4=O)CC2)CC1. The van der Waals surface area contributed by atoms with Gasteiger partial charge in [0.25, 0.3) is 11.8 Å². The lowest BCUT2D eigenvalue weighted by molar-refractivity contribution is -0.136. The maximum atomic E-state index is 15.1. The number of likely N-dealkylation sites (tertiary alicyclic amines) is 1. The van der Waals surface area contributed by atoms with Gasteiger partial charge in [0.05, 0.1) is 16.8 Å². The van der Waals surface area contributed by atoms with Gasteiger partial charge in [0.2, 0.25) is 11.8 Å². The molecule has 1 unspecified atom stereocenters. The molecule has 0 bridgehead atoms. The Morgan fingerprint density at radius 2 is 1.57 bits per heavy atom. The van der Waals surface area contributed by atoms with Crippen LogP contribution in [0.2, 0.25) is 0 Å². The number of imide groups is 2. The van der Waals surface area contributed by atoms with Crippen LogP contribution in [0.3, 0.4) is 0 Å². The summed E-state index contributed by atoms with van der Waals surface area (Å²) in [5, 5.41) is 2.16. The highest BCUT2D eigenvalue weighted by Gasteiger charge is 2.45. The van der Waals surface area contributed by atoms with E-state index in [2.05, 4.69) is 10.2 Å². The van der Waals surface area contributed by atoms with Crippen molar-refractivity contribution in [1.29, 1.82) is 0 Å². The van der Waals surface area contributed by atoms with E-state index >= 15 is 4.39 Å². The Hall–Kier alpha value is -3.14. The van der Waals surface area contributed by atoms with Crippen molar-refractivity contribution >= 4 is 35.6 Å². The molecule has 4 heterocycles. The Kier molecular flexibility index (Phi) is 6.39. The highest BCUT2D eigenvalue weighted by molar-refractivity contribution is 6.23. The molecule has 0 aliphatic carbocycles. The molecule has 0 aromatic heterocycles. The number of carbonyl (C=O) groups is 5. The van der Waals surface area contributed by atoms with Gasteiger partial charge in [-0.3, -0.25) is 29.4 Å². The van der Waals surface area contributed by atoms with Crippen LogP contribution in [-0.2, 0) is 14.4 Å². The number of hydrogen-bond donors (Lipinski definition) is 1. The van der Waals surface area contributed by atoms with Crippen LogP contribution in [0.25, 0.3) is 0 Å². The van der Waals surface area contributed by atoms with Crippen LogP contribution in [0, 0.1) is 17.7 Å². The number of benzene rings is 1. The number of piperidine rings is 3. The summed E-state index contributed by atoms with van der Waals surface area (Å²) in [6.45, 7) is 4.13. The summed E-state index contributed by atoms with van der Waals surface area (Å²) in [5.74, 6) is -2.36. The lowest BCUT2D eigenvalue weighted by Crippen LogP contribution is -2.54.